The summed E-state index contributed by atoms with van der Waals surface area (Å²) in [6, 6.07) is 16.2. The van der Waals surface area contributed by atoms with E-state index in [2.05, 4.69) is 27.3 Å². The van der Waals surface area contributed by atoms with Gasteiger partial charge in [-0.2, -0.15) is 0 Å². The van der Waals surface area contributed by atoms with Gasteiger partial charge in [0.15, 0.2) is 0 Å². The third-order valence-electron chi connectivity index (χ3n) is 4.78. The van der Waals surface area contributed by atoms with Crippen LogP contribution < -0.4 is 10.2 Å². The fourth-order valence-corrected chi connectivity index (χ4v) is 4.42. The van der Waals surface area contributed by atoms with Crippen molar-refractivity contribution in [3.05, 3.63) is 53.5 Å². The van der Waals surface area contributed by atoms with Crippen LogP contribution in [0.3, 0.4) is 0 Å². The van der Waals surface area contributed by atoms with Gasteiger partial charge in [0.2, 0.25) is 5.91 Å². The van der Waals surface area contributed by atoms with E-state index in [4.69, 9.17) is 0 Å². The van der Waals surface area contributed by atoms with Gasteiger partial charge >= 0.3 is 0 Å². The number of fused-ring (bicyclic) bond motifs is 1. The number of carbonyl (C=O) groups excluding carboxylic acids is 1. The highest BCUT2D eigenvalue weighted by Gasteiger charge is 2.15. The molecule has 0 spiro atoms. The predicted molar refractivity (Wildman–Crippen MR) is 109 cm³/mol. The molecule has 1 saturated heterocycles. The van der Waals surface area contributed by atoms with Crippen LogP contribution in [0, 0.1) is 0 Å². The molecule has 0 bridgehead atoms. The molecule has 1 fully saturated rings. The van der Waals surface area contributed by atoms with Gasteiger partial charge in [-0.3, -0.25) is 4.79 Å². The first-order valence-electron chi connectivity index (χ1n) is 9.28. The van der Waals surface area contributed by atoms with E-state index in [9.17, 15) is 4.79 Å². The molecule has 0 radical (unpaired) electrons. The third kappa shape index (κ3) is 3.88. The molecule has 3 aromatic rings. The van der Waals surface area contributed by atoms with Crippen molar-refractivity contribution in [1.82, 2.24) is 4.98 Å². The standard InChI is InChI=1S/C21H23N3OS/c25-20(12-13-21-23-17-9-3-5-11-19(17)26-21)22-16-8-2-4-10-18(16)24-14-6-1-7-15-24/h2-5,8-11H,1,6-7,12-15H2,(H,22,25). The Morgan fingerprint density at radius 1 is 1.04 bits per heavy atom. The summed E-state index contributed by atoms with van der Waals surface area (Å²) in [5, 5.41) is 4.13. The van der Waals surface area contributed by atoms with Gasteiger partial charge in [0.25, 0.3) is 0 Å². The summed E-state index contributed by atoms with van der Waals surface area (Å²) >= 11 is 1.67. The van der Waals surface area contributed by atoms with E-state index in [0.29, 0.717) is 12.8 Å². The molecule has 1 aliphatic heterocycles. The fourth-order valence-electron chi connectivity index (χ4n) is 3.45. The zero-order chi connectivity index (χ0) is 17.8. The topological polar surface area (TPSA) is 45.2 Å². The summed E-state index contributed by atoms with van der Waals surface area (Å²) in [6.07, 6.45) is 4.87. The van der Waals surface area contributed by atoms with Crippen LogP contribution in [-0.4, -0.2) is 24.0 Å². The average Bonchev–Trinajstić information content (AvgIpc) is 3.11. The Morgan fingerprint density at radius 2 is 1.81 bits per heavy atom. The summed E-state index contributed by atoms with van der Waals surface area (Å²) in [6.45, 7) is 2.14. The van der Waals surface area contributed by atoms with Crippen LogP contribution in [0.1, 0.15) is 30.7 Å². The van der Waals surface area contributed by atoms with Crippen LogP contribution in [0.4, 0.5) is 11.4 Å². The van der Waals surface area contributed by atoms with Crippen molar-refractivity contribution >= 4 is 38.8 Å². The predicted octanol–water partition coefficient (Wildman–Crippen LogP) is 4.86. The number of benzene rings is 2. The van der Waals surface area contributed by atoms with Gasteiger partial charge < -0.3 is 10.2 Å². The van der Waals surface area contributed by atoms with Crippen LogP contribution in [0.5, 0.6) is 0 Å². The lowest BCUT2D eigenvalue weighted by Crippen LogP contribution is -2.30. The van der Waals surface area contributed by atoms with Crippen molar-refractivity contribution in [2.24, 2.45) is 0 Å². The number of amides is 1. The van der Waals surface area contributed by atoms with E-state index in [1.807, 2.05) is 36.4 Å². The summed E-state index contributed by atoms with van der Waals surface area (Å²) in [7, 11) is 0. The minimum atomic E-state index is 0.0497. The Kier molecular flexibility index (Phi) is 5.16. The molecule has 2 aromatic carbocycles. The molecule has 1 amide bonds. The van der Waals surface area contributed by atoms with Gasteiger partial charge in [0.05, 0.1) is 26.6 Å². The van der Waals surface area contributed by atoms with Gasteiger partial charge in [0, 0.05) is 25.9 Å². The fraction of sp³-hybridized carbons (Fsp3) is 0.333. The highest BCUT2D eigenvalue weighted by Crippen LogP contribution is 2.28. The monoisotopic (exact) mass is 365 g/mol. The smallest absolute Gasteiger partial charge is 0.224 e. The molecule has 4 nitrogen and oxygen atoms in total. The molecule has 5 heteroatoms. The number of rotatable bonds is 5. The van der Waals surface area contributed by atoms with E-state index in [0.717, 1.165) is 35.0 Å². The first kappa shape index (κ1) is 17.0. The second-order valence-electron chi connectivity index (χ2n) is 6.69. The van der Waals surface area contributed by atoms with Crippen molar-refractivity contribution in [2.75, 3.05) is 23.3 Å². The zero-order valence-corrected chi connectivity index (χ0v) is 15.6. The summed E-state index contributed by atoms with van der Waals surface area (Å²) < 4.78 is 1.18. The van der Waals surface area contributed by atoms with Gasteiger partial charge in [-0.15, -0.1) is 11.3 Å². The Morgan fingerprint density at radius 3 is 2.65 bits per heavy atom. The zero-order valence-electron chi connectivity index (χ0n) is 14.8. The van der Waals surface area contributed by atoms with Crippen molar-refractivity contribution in [3.8, 4) is 0 Å². The number of para-hydroxylation sites is 3. The molecule has 26 heavy (non-hydrogen) atoms. The Hall–Kier alpha value is -2.40. The molecular weight excluding hydrogens is 342 g/mol. The molecule has 1 aliphatic rings. The van der Waals surface area contributed by atoms with Crippen LogP contribution in [0.15, 0.2) is 48.5 Å². The maximum atomic E-state index is 12.5. The second kappa shape index (κ2) is 7.87. The molecular formula is C21H23N3OS. The Labute approximate surface area is 157 Å². The van der Waals surface area contributed by atoms with Gasteiger partial charge in [-0.25, -0.2) is 4.98 Å². The number of aromatic nitrogens is 1. The highest BCUT2D eigenvalue weighted by molar-refractivity contribution is 7.18. The van der Waals surface area contributed by atoms with Crippen molar-refractivity contribution < 1.29 is 4.79 Å². The third-order valence-corrected chi connectivity index (χ3v) is 5.88. The van der Waals surface area contributed by atoms with Gasteiger partial charge in [-0.05, 0) is 43.5 Å². The van der Waals surface area contributed by atoms with E-state index in [1.54, 1.807) is 11.3 Å². The summed E-state index contributed by atoms with van der Waals surface area (Å²) in [4.78, 5) is 19.5. The lowest BCUT2D eigenvalue weighted by atomic mass is 10.1. The van der Waals surface area contributed by atoms with Gasteiger partial charge in [-0.1, -0.05) is 24.3 Å². The quantitative estimate of drug-likeness (QED) is 0.702. The lowest BCUT2D eigenvalue weighted by Gasteiger charge is -2.30. The molecule has 0 saturated carbocycles. The SMILES string of the molecule is O=C(CCc1nc2ccccc2s1)Nc1ccccc1N1CCCCC1. The Balaban J connectivity index is 1.40. The number of nitrogens with zero attached hydrogens (tertiary/aromatic N) is 2. The average molecular weight is 366 g/mol. The molecule has 1 aromatic heterocycles. The van der Waals surface area contributed by atoms with Gasteiger partial charge in [0.1, 0.15) is 0 Å². The first-order valence-corrected chi connectivity index (χ1v) is 10.1. The molecule has 0 unspecified atom stereocenters. The largest absolute Gasteiger partial charge is 0.370 e. The van der Waals surface area contributed by atoms with E-state index in [1.165, 1.54) is 24.0 Å². The molecule has 1 N–H and O–H groups in total. The van der Waals surface area contributed by atoms with Crippen LogP contribution in [0.2, 0.25) is 0 Å². The van der Waals surface area contributed by atoms with Crippen molar-refractivity contribution in [2.45, 2.75) is 32.1 Å². The maximum Gasteiger partial charge on any atom is 0.224 e. The number of hydrogen-bond acceptors (Lipinski definition) is 4. The second-order valence-corrected chi connectivity index (χ2v) is 7.80. The maximum absolute atomic E-state index is 12.5. The molecule has 0 aliphatic carbocycles. The summed E-state index contributed by atoms with van der Waals surface area (Å²) in [5.74, 6) is 0.0497. The molecule has 0 atom stereocenters. The highest BCUT2D eigenvalue weighted by atomic mass is 32.1. The molecule has 2 heterocycles. The molecule has 4 rings (SSSR count). The number of nitrogens with one attached hydrogen (secondary N) is 1. The summed E-state index contributed by atoms with van der Waals surface area (Å²) in [5.41, 5.74) is 3.08. The first-order chi connectivity index (χ1) is 12.8. The number of aryl methyl sites for hydroxylation is 1. The van der Waals surface area contributed by atoms with E-state index < -0.39 is 0 Å². The normalized spacial score (nSPS) is 14.5. The number of thiazole rings is 1. The van der Waals surface area contributed by atoms with Crippen LogP contribution in [-0.2, 0) is 11.2 Å². The number of hydrogen-bond donors (Lipinski definition) is 1. The number of carbonyl (C=O) groups is 1. The Bertz CT molecular complexity index is 866. The number of anilines is 2. The minimum Gasteiger partial charge on any atom is -0.370 e. The molecule has 134 valence electrons. The van der Waals surface area contributed by atoms with Crippen LogP contribution in [0.25, 0.3) is 10.2 Å². The van der Waals surface area contributed by atoms with Crippen LogP contribution >= 0.6 is 11.3 Å². The van der Waals surface area contributed by atoms with Crippen molar-refractivity contribution in [3.63, 3.8) is 0 Å². The van der Waals surface area contributed by atoms with E-state index in [-0.39, 0.29) is 5.91 Å². The van der Waals surface area contributed by atoms with E-state index >= 15 is 0 Å². The minimum absolute atomic E-state index is 0.0497. The number of piperidine rings is 1. The lowest BCUT2D eigenvalue weighted by molar-refractivity contribution is -0.116. The van der Waals surface area contributed by atoms with Crippen molar-refractivity contribution in [1.29, 1.82) is 0 Å².